The second-order valence-electron chi connectivity index (χ2n) is 3.99. The molecule has 0 spiro atoms. The molecular weight excluding hydrogens is 365 g/mol. The van der Waals surface area contributed by atoms with Crippen LogP contribution in [-0.4, -0.2) is 72.2 Å². The average Bonchev–Trinajstić information content (AvgIpc) is 2.48. The molecular formula is C6H15KO12P2. The fourth-order valence-corrected chi connectivity index (χ4v) is 2.17. The maximum absolute atomic E-state index is 10.5. The minimum absolute atomic E-state index is 0. The van der Waals surface area contributed by atoms with Crippen LogP contribution in [0.2, 0.25) is 0 Å². The molecule has 1 aliphatic heterocycles. The van der Waals surface area contributed by atoms with Gasteiger partial charge < -0.3 is 41.1 Å². The Balaban J connectivity index is 0. The first kappa shape index (κ1) is 22.7. The summed E-state index contributed by atoms with van der Waals surface area (Å²) in [7, 11) is -9.82. The number of aliphatic hydroxyl groups is 3. The number of hydrogen-bond donors (Lipinski definition) is 7. The van der Waals surface area contributed by atoms with Crippen LogP contribution in [0, 0.1) is 0 Å². The van der Waals surface area contributed by atoms with Crippen molar-refractivity contribution in [2.24, 2.45) is 0 Å². The van der Waals surface area contributed by atoms with Crippen molar-refractivity contribution in [1.82, 2.24) is 0 Å². The second kappa shape index (κ2) is 8.18. The van der Waals surface area contributed by atoms with Crippen molar-refractivity contribution in [2.75, 3.05) is 13.2 Å². The monoisotopic (exact) mass is 380 g/mol. The zero-order valence-electron chi connectivity index (χ0n) is 11.7. The van der Waals surface area contributed by atoms with Gasteiger partial charge in [-0.3, -0.25) is 9.05 Å². The van der Waals surface area contributed by atoms with Gasteiger partial charge in [-0.2, -0.15) is 0 Å². The van der Waals surface area contributed by atoms with Crippen LogP contribution in [0.1, 0.15) is 1.43 Å². The van der Waals surface area contributed by atoms with E-state index in [2.05, 4.69) is 13.8 Å². The molecule has 0 bridgehead atoms. The Kier molecular flexibility index (Phi) is 8.85. The predicted octanol–water partition coefficient (Wildman–Crippen LogP) is -5.87. The van der Waals surface area contributed by atoms with Gasteiger partial charge in [-0.1, -0.05) is 0 Å². The summed E-state index contributed by atoms with van der Waals surface area (Å²) in [5.74, 6) is -2.66. The van der Waals surface area contributed by atoms with Gasteiger partial charge in [0, 0.05) is 0 Å². The minimum atomic E-state index is -4.96. The normalized spacial score (nSPS) is 33.8. The zero-order valence-corrected chi connectivity index (χ0v) is 15.6. The fraction of sp³-hybridized carbons (Fsp3) is 1.00. The molecule has 0 amide bonds. The number of aliphatic hydroxyl groups excluding tert-OH is 2. The van der Waals surface area contributed by atoms with E-state index in [-0.39, 0.29) is 52.8 Å². The first-order valence-electron chi connectivity index (χ1n) is 5.00. The first-order chi connectivity index (χ1) is 8.84. The van der Waals surface area contributed by atoms with Crippen LogP contribution in [0.4, 0.5) is 0 Å². The Morgan fingerprint density at radius 2 is 1.57 bits per heavy atom. The number of hydrogen-bond acceptors (Lipinski definition) is 8. The molecule has 0 aliphatic carbocycles. The van der Waals surface area contributed by atoms with E-state index in [1.165, 1.54) is 0 Å². The van der Waals surface area contributed by atoms with Crippen LogP contribution in [0.25, 0.3) is 0 Å². The average molecular weight is 380 g/mol. The zero-order chi connectivity index (χ0) is 15.8. The second-order valence-corrected chi connectivity index (χ2v) is 6.47. The molecule has 122 valence electrons. The smallest absolute Gasteiger partial charge is 1.00 e. The molecule has 0 aromatic carbocycles. The third-order valence-corrected chi connectivity index (χ3v) is 3.32. The number of phosphoric acid groups is 2. The van der Waals surface area contributed by atoms with Crippen molar-refractivity contribution in [3.63, 3.8) is 0 Å². The summed E-state index contributed by atoms with van der Waals surface area (Å²) in [6, 6.07) is 0. The summed E-state index contributed by atoms with van der Waals surface area (Å²) in [4.78, 5) is 33.9. The summed E-state index contributed by atoms with van der Waals surface area (Å²) in [6.45, 7) is -2.05. The van der Waals surface area contributed by atoms with Gasteiger partial charge in [0.05, 0.1) is 6.61 Å². The Morgan fingerprint density at radius 1 is 1.10 bits per heavy atom. The van der Waals surface area contributed by atoms with E-state index in [0.29, 0.717) is 0 Å². The molecule has 12 nitrogen and oxygen atoms in total. The maximum Gasteiger partial charge on any atom is 1.00 e. The molecule has 0 radical (unpaired) electrons. The van der Waals surface area contributed by atoms with Gasteiger partial charge in [-0.25, -0.2) is 9.13 Å². The quantitative estimate of drug-likeness (QED) is 0.170. The molecule has 1 fully saturated rings. The fourth-order valence-electron chi connectivity index (χ4n) is 1.47. The van der Waals surface area contributed by atoms with E-state index in [1.807, 2.05) is 0 Å². The Hall–Kier alpha value is 1.70. The summed E-state index contributed by atoms with van der Waals surface area (Å²) >= 11 is 0. The van der Waals surface area contributed by atoms with Crippen molar-refractivity contribution >= 4 is 15.6 Å². The van der Waals surface area contributed by atoms with Gasteiger partial charge in [0.2, 0.25) is 5.79 Å². The van der Waals surface area contributed by atoms with E-state index >= 15 is 0 Å². The van der Waals surface area contributed by atoms with Crippen LogP contribution in [-0.2, 0) is 22.9 Å². The van der Waals surface area contributed by atoms with Crippen molar-refractivity contribution in [1.29, 1.82) is 0 Å². The van der Waals surface area contributed by atoms with Gasteiger partial charge >= 0.3 is 67.0 Å². The van der Waals surface area contributed by atoms with E-state index in [1.54, 1.807) is 0 Å². The number of rotatable bonds is 6. The van der Waals surface area contributed by atoms with Crippen LogP contribution < -0.4 is 51.4 Å². The molecule has 1 rings (SSSR count). The van der Waals surface area contributed by atoms with Gasteiger partial charge in [-0.15, -0.1) is 0 Å². The molecule has 15 heteroatoms. The summed E-state index contributed by atoms with van der Waals surface area (Å²) < 4.78 is 33.6. The number of ether oxygens (including phenoxy) is 1. The molecule has 0 aromatic heterocycles. The molecule has 7 N–H and O–H groups in total. The Bertz CT molecular complexity index is 439. The standard InChI is InChI=1S/C6H14O12P2.K.H/c7-4-3(1-16-19(10,11)12)18-6(9,5(4)8)2-17-20(13,14)15;;/h3-5,7-9H,1-2H2,(H2,10,11,12)(H2,13,14,15);;/q;+1;-1/t3-,4-,5+,6-;;/m1../s1. The van der Waals surface area contributed by atoms with E-state index in [0.717, 1.165) is 0 Å². The molecule has 0 aromatic rings. The Labute approximate surface area is 162 Å². The topological polar surface area (TPSA) is 203 Å². The van der Waals surface area contributed by atoms with E-state index in [9.17, 15) is 24.4 Å². The van der Waals surface area contributed by atoms with Crippen molar-refractivity contribution in [2.45, 2.75) is 24.1 Å². The molecule has 0 saturated carbocycles. The van der Waals surface area contributed by atoms with Gasteiger partial charge in [0.15, 0.2) is 0 Å². The van der Waals surface area contributed by atoms with Gasteiger partial charge in [0.1, 0.15) is 24.9 Å². The van der Waals surface area contributed by atoms with Crippen molar-refractivity contribution in [3.8, 4) is 0 Å². The Morgan fingerprint density at radius 3 is 2.00 bits per heavy atom. The minimum Gasteiger partial charge on any atom is -1.00 e. The number of phosphoric ester groups is 2. The molecule has 1 saturated heterocycles. The summed E-state index contributed by atoms with van der Waals surface area (Å²) in [6.07, 6.45) is -5.38. The summed E-state index contributed by atoms with van der Waals surface area (Å²) in [5, 5.41) is 28.8. The third-order valence-electron chi connectivity index (χ3n) is 2.37. The largest absolute Gasteiger partial charge is 1.00 e. The van der Waals surface area contributed by atoms with Crippen LogP contribution >= 0.6 is 15.6 Å². The third kappa shape index (κ3) is 7.41. The summed E-state index contributed by atoms with van der Waals surface area (Å²) in [5.41, 5.74) is 0. The van der Waals surface area contributed by atoms with Crippen molar-refractivity contribution in [3.05, 3.63) is 0 Å². The maximum atomic E-state index is 10.5. The molecule has 1 aliphatic rings. The van der Waals surface area contributed by atoms with Crippen LogP contribution in [0.15, 0.2) is 0 Å². The molecule has 21 heavy (non-hydrogen) atoms. The van der Waals surface area contributed by atoms with Gasteiger partial charge in [-0.05, 0) is 0 Å². The van der Waals surface area contributed by atoms with Crippen molar-refractivity contribution < 1.29 is 111 Å². The van der Waals surface area contributed by atoms with Crippen LogP contribution in [0.3, 0.4) is 0 Å². The predicted molar refractivity (Wildman–Crippen MR) is 58.9 cm³/mol. The molecule has 1 heterocycles. The SMILES string of the molecule is O=P(O)(O)OC[C@H]1O[C@](O)(COP(=O)(O)O)[C@@H](O)[C@@H]1O.[H-].[K+]. The first-order valence-corrected chi connectivity index (χ1v) is 8.07. The van der Waals surface area contributed by atoms with Crippen LogP contribution in [0.5, 0.6) is 0 Å². The van der Waals surface area contributed by atoms with E-state index < -0.39 is 53.0 Å². The van der Waals surface area contributed by atoms with Gasteiger partial charge in [0.25, 0.3) is 0 Å². The molecule has 4 atom stereocenters. The van der Waals surface area contributed by atoms with E-state index in [4.69, 9.17) is 19.6 Å². The molecule has 0 unspecified atom stereocenters.